The van der Waals surface area contributed by atoms with Gasteiger partial charge in [0.1, 0.15) is 4.88 Å². The van der Waals surface area contributed by atoms with E-state index >= 15 is 0 Å². The lowest BCUT2D eigenvalue weighted by Gasteiger charge is -1.99. The lowest BCUT2D eigenvalue weighted by molar-refractivity contribution is 0.0949. The lowest BCUT2D eigenvalue weighted by atomic mass is 10.3. The highest BCUT2D eigenvalue weighted by molar-refractivity contribution is 7.16. The van der Waals surface area contributed by atoms with Gasteiger partial charge in [0.25, 0.3) is 11.5 Å². The molecule has 4 rings (SSSR count). The molecule has 0 bridgehead atoms. The smallest absolute Gasteiger partial charge is 0.263 e. The first-order valence-electron chi connectivity index (χ1n) is 8.01. The number of rotatable bonds is 5. The summed E-state index contributed by atoms with van der Waals surface area (Å²) in [4.78, 5) is 35.8. The fourth-order valence-corrected chi connectivity index (χ4v) is 3.39. The van der Waals surface area contributed by atoms with Crippen molar-refractivity contribution in [1.82, 2.24) is 30.0 Å². The number of nitrogens with zero attached hydrogens (tertiary/aromatic N) is 4. The van der Waals surface area contributed by atoms with Crippen molar-refractivity contribution in [2.45, 2.75) is 13.5 Å². The predicted octanol–water partition coefficient (Wildman–Crippen LogP) is 1.91. The number of pyridine rings is 1. The van der Waals surface area contributed by atoms with Gasteiger partial charge in [-0.2, -0.15) is 4.98 Å². The SMILES string of the molecule is Cc1nc(-n2cccc2)sc1C(=O)NCc1nc(-c2ccc[nH]c2=O)no1. The third-order valence-electron chi connectivity index (χ3n) is 3.74. The Kier molecular flexibility index (Phi) is 4.38. The number of aromatic amines is 1. The monoisotopic (exact) mass is 382 g/mol. The fraction of sp³-hybridized carbons (Fsp3) is 0.118. The van der Waals surface area contributed by atoms with Crippen LogP contribution < -0.4 is 10.9 Å². The third kappa shape index (κ3) is 3.42. The number of aryl methyl sites for hydroxylation is 1. The Balaban J connectivity index is 1.46. The van der Waals surface area contributed by atoms with Gasteiger partial charge in [0.2, 0.25) is 11.7 Å². The van der Waals surface area contributed by atoms with Crippen LogP contribution >= 0.6 is 11.3 Å². The molecule has 0 aliphatic heterocycles. The van der Waals surface area contributed by atoms with E-state index in [1.165, 1.54) is 17.5 Å². The van der Waals surface area contributed by atoms with E-state index in [9.17, 15) is 9.59 Å². The van der Waals surface area contributed by atoms with Crippen LogP contribution in [-0.4, -0.2) is 30.6 Å². The quantitative estimate of drug-likeness (QED) is 0.544. The van der Waals surface area contributed by atoms with Gasteiger partial charge in [-0.1, -0.05) is 16.5 Å². The zero-order valence-corrected chi connectivity index (χ0v) is 15.0. The molecule has 0 aromatic carbocycles. The molecule has 10 heteroatoms. The molecule has 0 aliphatic rings. The average molecular weight is 382 g/mol. The van der Waals surface area contributed by atoms with E-state index in [-0.39, 0.29) is 29.7 Å². The molecule has 4 aromatic rings. The number of thiazole rings is 1. The molecular formula is C17H14N6O3S. The van der Waals surface area contributed by atoms with Crippen molar-refractivity contribution in [3.8, 4) is 16.5 Å². The van der Waals surface area contributed by atoms with E-state index in [0.29, 0.717) is 21.3 Å². The minimum atomic E-state index is -0.313. The number of carbonyl (C=O) groups is 1. The summed E-state index contributed by atoms with van der Waals surface area (Å²) in [7, 11) is 0. The molecule has 0 spiro atoms. The Labute approximate surface area is 156 Å². The van der Waals surface area contributed by atoms with E-state index in [1.54, 1.807) is 19.1 Å². The van der Waals surface area contributed by atoms with Gasteiger partial charge >= 0.3 is 0 Å². The second-order valence-electron chi connectivity index (χ2n) is 5.61. The summed E-state index contributed by atoms with van der Waals surface area (Å²) in [5, 5.41) is 7.23. The average Bonchev–Trinajstić information content (AvgIpc) is 3.40. The van der Waals surface area contributed by atoms with Gasteiger partial charge < -0.3 is 19.4 Å². The van der Waals surface area contributed by atoms with Gasteiger partial charge in [-0.3, -0.25) is 9.59 Å². The lowest BCUT2D eigenvalue weighted by Crippen LogP contribution is -2.22. The summed E-state index contributed by atoms with van der Waals surface area (Å²) in [5.41, 5.74) is 0.628. The van der Waals surface area contributed by atoms with Gasteiger partial charge in [-0.15, -0.1) is 0 Å². The van der Waals surface area contributed by atoms with E-state index in [4.69, 9.17) is 4.52 Å². The number of aromatic nitrogens is 5. The van der Waals surface area contributed by atoms with Crippen molar-refractivity contribution in [1.29, 1.82) is 0 Å². The normalized spacial score (nSPS) is 10.9. The molecule has 0 radical (unpaired) electrons. The summed E-state index contributed by atoms with van der Waals surface area (Å²) < 4.78 is 6.95. The minimum absolute atomic E-state index is 0.0484. The van der Waals surface area contributed by atoms with E-state index in [0.717, 1.165) is 0 Å². The van der Waals surface area contributed by atoms with Crippen molar-refractivity contribution in [3.63, 3.8) is 0 Å². The number of carbonyl (C=O) groups excluding carboxylic acids is 1. The molecule has 0 unspecified atom stereocenters. The Morgan fingerprint density at radius 1 is 1.30 bits per heavy atom. The summed E-state index contributed by atoms with van der Waals surface area (Å²) in [6.45, 7) is 1.83. The zero-order chi connectivity index (χ0) is 18.8. The minimum Gasteiger partial charge on any atom is -0.342 e. The van der Waals surface area contributed by atoms with Gasteiger partial charge in [0, 0.05) is 18.6 Å². The molecule has 0 saturated carbocycles. The molecule has 4 aromatic heterocycles. The van der Waals surface area contributed by atoms with E-state index in [2.05, 4.69) is 25.4 Å². The maximum atomic E-state index is 12.5. The van der Waals surface area contributed by atoms with Crippen molar-refractivity contribution >= 4 is 17.2 Å². The molecular weight excluding hydrogens is 368 g/mol. The summed E-state index contributed by atoms with van der Waals surface area (Å²) in [5.74, 6) is 0.0973. The van der Waals surface area contributed by atoms with Gasteiger partial charge in [0.05, 0.1) is 17.8 Å². The van der Waals surface area contributed by atoms with Crippen LogP contribution in [0.3, 0.4) is 0 Å². The standard InChI is InChI=1S/C17H14N6O3S/c1-10-13(27-17(20-10)23-7-2-3-8-23)16(25)19-9-12-21-14(22-26-12)11-5-4-6-18-15(11)24/h2-8H,9H2,1H3,(H,18,24)(H,19,25). The molecule has 27 heavy (non-hydrogen) atoms. The van der Waals surface area contributed by atoms with Crippen molar-refractivity contribution in [3.05, 3.63) is 69.7 Å². The maximum absolute atomic E-state index is 12.5. The second kappa shape index (κ2) is 7.00. The van der Waals surface area contributed by atoms with Gasteiger partial charge in [-0.05, 0) is 31.2 Å². The molecule has 0 saturated heterocycles. The molecule has 1 amide bonds. The number of hydrogen-bond acceptors (Lipinski definition) is 7. The van der Waals surface area contributed by atoms with E-state index in [1.807, 2.05) is 29.1 Å². The van der Waals surface area contributed by atoms with Gasteiger partial charge in [-0.25, -0.2) is 4.98 Å². The molecule has 4 heterocycles. The molecule has 136 valence electrons. The Morgan fingerprint density at radius 3 is 2.89 bits per heavy atom. The van der Waals surface area contributed by atoms with Crippen LogP contribution in [0.4, 0.5) is 0 Å². The summed E-state index contributed by atoms with van der Waals surface area (Å²) >= 11 is 1.29. The van der Waals surface area contributed by atoms with Crippen LogP contribution in [0.25, 0.3) is 16.5 Å². The Hall–Kier alpha value is -3.53. The number of nitrogens with one attached hydrogen (secondary N) is 2. The Morgan fingerprint density at radius 2 is 2.11 bits per heavy atom. The number of H-pyrrole nitrogens is 1. The van der Waals surface area contributed by atoms with E-state index < -0.39 is 0 Å². The first-order valence-corrected chi connectivity index (χ1v) is 8.83. The Bertz CT molecular complexity index is 1140. The van der Waals surface area contributed by atoms with Crippen LogP contribution in [0.2, 0.25) is 0 Å². The van der Waals surface area contributed by atoms with Crippen molar-refractivity contribution in [2.75, 3.05) is 0 Å². The molecule has 0 aliphatic carbocycles. The first-order chi connectivity index (χ1) is 13.1. The molecule has 9 nitrogen and oxygen atoms in total. The fourth-order valence-electron chi connectivity index (χ4n) is 2.44. The first kappa shape index (κ1) is 16.9. The van der Waals surface area contributed by atoms with Crippen molar-refractivity contribution in [2.24, 2.45) is 0 Å². The summed E-state index contributed by atoms with van der Waals surface area (Å²) in [6.07, 6.45) is 5.25. The highest BCUT2D eigenvalue weighted by Gasteiger charge is 2.17. The highest BCUT2D eigenvalue weighted by Crippen LogP contribution is 2.21. The predicted molar refractivity (Wildman–Crippen MR) is 97.7 cm³/mol. The third-order valence-corrected chi connectivity index (χ3v) is 4.91. The van der Waals surface area contributed by atoms with Crippen LogP contribution in [0.5, 0.6) is 0 Å². The van der Waals surface area contributed by atoms with Crippen LogP contribution in [0.1, 0.15) is 21.3 Å². The van der Waals surface area contributed by atoms with Gasteiger partial charge in [0.15, 0.2) is 5.13 Å². The molecule has 0 atom stereocenters. The zero-order valence-electron chi connectivity index (χ0n) is 14.2. The number of hydrogen-bond donors (Lipinski definition) is 2. The van der Waals surface area contributed by atoms with Crippen LogP contribution in [0.15, 0.2) is 52.2 Å². The molecule has 0 fully saturated rings. The number of amides is 1. The van der Waals surface area contributed by atoms with Crippen LogP contribution in [0, 0.1) is 6.92 Å². The van der Waals surface area contributed by atoms with Crippen molar-refractivity contribution < 1.29 is 9.32 Å². The largest absolute Gasteiger partial charge is 0.342 e. The van der Waals surface area contributed by atoms with Crippen LogP contribution in [-0.2, 0) is 6.54 Å². The topological polar surface area (TPSA) is 119 Å². The summed E-state index contributed by atoms with van der Waals surface area (Å²) in [6, 6.07) is 7.04. The highest BCUT2D eigenvalue weighted by atomic mass is 32.1. The second-order valence-corrected chi connectivity index (χ2v) is 6.59. The molecule has 2 N–H and O–H groups in total. The maximum Gasteiger partial charge on any atom is 0.263 e.